The van der Waals surface area contributed by atoms with E-state index in [9.17, 15) is 0 Å². The van der Waals surface area contributed by atoms with Gasteiger partial charge in [-0.15, -0.1) is 0 Å². The lowest BCUT2D eigenvalue weighted by Gasteiger charge is -2.12. The van der Waals surface area contributed by atoms with E-state index in [1.807, 2.05) is 140 Å². The molecule has 21 rings (SSSR count). The zero-order chi connectivity index (χ0) is 75.0. The average Bonchev–Trinajstić information content (AvgIpc) is 1.54. The standard InChI is InChI=1S/C56H35N7.C44H28N6/c1-2-11-39(12-3-1)54-60-55(62-56(61-54)43-13-10-14-44(33-43)63-52-18-6-4-15-45(52)46-16-5-7-19-53(46)63)40-24-20-36(21-25-40)47-30-28-37-22-26-41(34-50(37)58-47)42-27-23-38-29-31-49(59-51(38)35-42)48-17-8-9-32-57-48;1-3-9-32(10-4-1)42-48-43(33-11-5-2-6-12-33)50-44(49-42)34-18-14-29(15-19-34)37-24-22-30-16-20-35(27-40(30)46-37)36-21-17-31-23-25-39(47-41(31)28-36)38-13-7-8-26-45-38/h1-35H;1-28H. The van der Waals surface area contributed by atoms with Crippen LogP contribution < -0.4 is 0 Å². The van der Waals surface area contributed by atoms with Crippen molar-refractivity contribution in [3.05, 3.63) is 382 Å². The van der Waals surface area contributed by atoms with Crippen LogP contribution in [0.15, 0.2) is 382 Å². The molecule has 13 nitrogen and oxygen atoms in total. The molecule has 0 fully saturated rings. The number of pyridine rings is 6. The molecule has 0 radical (unpaired) electrons. The Balaban J connectivity index is 0.000000151. The molecule has 12 aromatic carbocycles. The first-order chi connectivity index (χ1) is 55.9. The maximum absolute atomic E-state index is 5.16. The van der Waals surface area contributed by atoms with Gasteiger partial charge in [-0.05, 0) is 119 Å². The van der Waals surface area contributed by atoms with Gasteiger partial charge in [-0.2, -0.15) is 0 Å². The van der Waals surface area contributed by atoms with Crippen LogP contribution in [0.4, 0.5) is 0 Å². The molecule has 0 atom stereocenters. The Morgan fingerprint density at radius 2 is 0.451 bits per heavy atom. The van der Waals surface area contributed by atoms with E-state index in [-0.39, 0.29) is 0 Å². The Hall–Kier alpha value is -15.6. The second-order valence-electron chi connectivity index (χ2n) is 27.6. The topological polar surface area (TPSA) is 160 Å². The number of rotatable bonds is 13. The summed E-state index contributed by atoms with van der Waals surface area (Å²) in [5, 5.41) is 6.76. The minimum Gasteiger partial charge on any atom is -0.309 e. The molecule has 0 N–H and O–H groups in total. The first-order valence-corrected chi connectivity index (χ1v) is 37.4. The molecule has 0 aliphatic heterocycles. The molecule has 0 saturated carbocycles. The number of aromatic nitrogens is 13. The van der Waals surface area contributed by atoms with Crippen molar-refractivity contribution in [3.8, 4) is 142 Å². The van der Waals surface area contributed by atoms with Crippen LogP contribution in [0.2, 0.25) is 0 Å². The number of fused-ring (bicyclic) bond motifs is 7. The third-order valence-corrected chi connectivity index (χ3v) is 20.5. The molecular weight excluding hydrogens is 1380 g/mol. The smallest absolute Gasteiger partial charge is 0.164 e. The Kier molecular flexibility index (Phi) is 17.3. The minimum atomic E-state index is 0.598. The van der Waals surface area contributed by atoms with Crippen molar-refractivity contribution in [2.75, 3.05) is 0 Å². The zero-order valence-corrected chi connectivity index (χ0v) is 60.7. The SMILES string of the molecule is c1ccc(-c2nc(-c3ccc(-c4ccc5ccc(-c6ccc7ccc(-c8ccccn8)nc7c6)cc5n4)cc3)nc(-c3cccc(-n4c5ccccc5c5ccccc54)c3)n2)cc1.c1ccc(-c2nc(-c3ccccc3)nc(-c3ccc(-c4ccc5ccc(-c6ccc7ccc(-c8ccccn8)nc7c6)cc5n4)cc3)n2)cc1. The normalized spacial score (nSPS) is 11.4. The van der Waals surface area contributed by atoms with Crippen molar-refractivity contribution in [2.45, 2.75) is 0 Å². The second-order valence-corrected chi connectivity index (χ2v) is 27.6. The Labute approximate surface area is 649 Å². The highest BCUT2D eigenvalue weighted by Crippen LogP contribution is 2.37. The monoisotopic (exact) mass is 1450 g/mol. The molecule has 0 unspecified atom stereocenters. The van der Waals surface area contributed by atoms with Crippen LogP contribution in [0.1, 0.15) is 0 Å². The summed E-state index contributed by atoms with van der Waals surface area (Å²) in [6.45, 7) is 0. The van der Waals surface area contributed by atoms with Gasteiger partial charge in [0.15, 0.2) is 34.9 Å². The first kappa shape index (κ1) is 66.8. The summed E-state index contributed by atoms with van der Waals surface area (Å²) >= 11 is 0. The molecular formula is C100H63N13. The van der Waals surface area contributed by atoms with Gasteiger partial charge in [0.1, 0.15) is 0 Å². The highest BCUT2D eigenvalue weighted by atomic mass is 15.0. The van der Waals surface area contributed by atoms with Crippen molar-refractivity contribution in [1.82, 2.24) is 64.4 Å². The summed E-state index contributed by atoms with van der Waals surface area (Å²) in [5.41, 5.74) is 24.1. The van der Waals surface area contributed by atoms with Gasteiger partial charge in [0.05, 0.1) is 67.3 Å². The van der Waals surface area contributed by atoms with Gasteiger partial charge in [-0.1, -0.05) is 273 Å². The fourth-order valence-electron chi connectivity index (χ4n) is 14.7. The molecule has 0 aliphatic carbocycles. The van der Waals surface area contributed by atoms with Gasteiger partial charge in [-0.25, -0.2) is 49.8 Å². The fourth-order valence-corrected chi connectivity index (χ4v) is 14.7. The molecule has 0 amide bonds. The molecule has 9 heterocycles. The molecule has 528 valence electrons. The molecule has 113 heavy (non-hydrogen) atoms. The Morgan fingerprint density at radius 1 is 0.168 bits per heavy atom. The number of hydrogen-bond acceptors (Lipinski definition) is 12. The van der Waals surface area contributed by atoms with Gasteiger partial charge >= 0.3 is 0 Å². The van der Waals surface area contributed by atoms with Gasteiger partial charge in [0.2, 0.25) is 0 Å². The van der Waals surface area contributed by atoms with Gasteiger partial charge < -0.3 is 4.57 Å². The summed E-state index contributed by atoms with van der Waals surface area (Å²) < 4.78 is 2.31. The highest BCUT2D eigenvalue weighted by Gasteiger charge is 2.19. The van der Waals surface area contributed by atoms with E-state index >= 15 is 0 Å². The number of hydrogen-bond donors (Lipinski definition) is 0. The van der Waals surface area contributed by atoms with Crippen molar-refractivity contribution in [2.24, 2.45) is 0 Å². The van der Waals surface area contributed by atoms with Crippen molar-refractivity contribution < 1.29 is 0 Å². The predicted molar refractivity (Wildman–Crippen MR) is 456 cm³/mol. The molecule has 0 aliphatic rings. The summed E-state index contributed by atoms with van der Waals surface area (Å²) in [5.74, 6) is 3.72. The maximum Gasteiger partial charge on any atom is 0.164 e. The van der Waals surface area contributed by atoms with Crippen LogP contribution >= 0.6 is 0 Å². The fraction of sp³-hybridized carbons (Fsp3) is 0. The largest absolute Gasteiger partial charge is 0.309 e. The van der Waals surface area contributed by atoms with Gasteiger partial charge in [0, 0.05) is 94.9 Å². The second kappa shape index (κ2) is 29.2. The van der Waals surface area contributed by atoms with E-state index in [0.717, 1.165) is 161 Å². The lowest BCUT2D eigenvalue weighted by Crippen LogP contribution is -2.01. The Morgan fingerprint density at radius 3 is 0.814 bits per heavy atom. The highest BCUT2D eigenvalue weighted by molar-refractivity contribution is 6.09. The molecule has 9 aromatic heterocycles. The van der Waals surface area contributed by atoms with Crippen LogP contribution in [0.5, 0.6) is 0 Å². The quantitative estimate of drug-likeness (QED) is 0.108. The molecule has 21 aromatic rings. The molecule has 0 bridgehead atoms. The van der Waals surface area contributed by atoms with Crippen LogP contribution in [-0.4, -0.2) is 64.4 Å². The lowest BCUT2D eigenvalue weighted by atomic mass is 10.0. The molecule has 13 heteroatoms. The summed E-state index contributed by atoms with van der Waals surface area (Å²) in [4.78, 5) is 58.9. The summed E-state index contributed by atoms with van der Waals surface area (Å²) in [6.07, 6.45) is 3.59. The summed E-state index contributed by atoms with van der Waals surface area (Å²) in [6, 6.07) is 126. The van der Waals surface area contributed by atoms with Gasteiger partial charge in [-0.3, -0.25) is 9.97 Å². The zero-order valence-electron chi connectivity index (χ0n) is 60.7. The van der Waals surface area contributed by atoms with E-state index in [2.05, 4.69) is 245 Å². The van der Waals surface area contributed by atoms with Crippen molar-refractivity contribution in [3.63, 3.8) is 0 Å². The maximum atomic E-state index is 5.16. The number of benzene rings is 12. The van der Waals surface area contributed by atoms with E-state index in [1.165, 1.54) is 10.8 Å². The van der Waals surface area contributed by atoms with E-state index < -0.39 is 0 Å². The van der Waals surface area contributed by atoms with Gasteiger partial charge in [0.25, 0.3) is 0 Å². The lowest BCUT2D eigenvalue weighted by molar-refractivity contribution is 1.07. The van der Waals surface area contributed by atoms with Crippen LogP contribution in [0, 0.1) is 0 Å². The van der Waals surface area contributed by atoms with E-state index in [4.69, 9.17) is 49.8 Å². The average molecular weight is 1450 g/mol. The van der Waals surface area contributed by atoms with Crippen LogP contribution in [-0.2, 0) is 0 Å². The van der Waals surface area contributed by atoms with Crippen LogP contribution in [0.25, 0.3) is 207 Å². The van der Waals surface area contributed by atoms with Crippen molar-refractivity contribution >= 4 is 65.4 Å². The Bertz CT molecular complexity index is 7040. The van der Waals surface area contributed by atoms with E-state index in [1.54, 1.807) is 12.4 Å². The molecule has 0 saturated heterocycles. The molecule has 0 spiro atoms. The number of nitrogens with zero attached hydrogens (tertiary/aromatic N) is 13. The third kappa shape index (κ3) is 13.5. The minimum absolute atomic E-state index is 0.598. The van der Waals surface area contributed by atoms with E-state index in [0.29, 0.717) is 34.9 Å². The first-order valence-electron chi connectivity index (χ1n) is 37.4. The van der Waals surface area contributed by atoms with Crippen molar-refractivity contribution in [1.29, 1.82) is 0 Å². The third-order valence-electron chi connectivity index (χ3n) is 20.5. The summed E-state index contributed by atoms with van der Waals surface area (Å²) in [7, 11) is 0. The predicted octanol–water partition coefficient (Wildman–Crippen LogP) is 23.8. The number of para-hydroxylation sites is 2. The van der Waals surface area contributed by atoms with Crippen LogP contribution in [0.3, 0.4) is 0 Å².